The minimum atomic E-state index is -3.65. The molecule has 0 unspecified atom stereocenters. The third-order valence-electron chi connectivity index (χ3n) is 4.72. The van der Waals surface area contributed by atoms with E-state index in [1.165, 1.54) is 6.21 Å². The van der Waals surface area contributed by atoms with Gasteiger partial charge in [0, 0.05) is 5.69 Å². The van der Waals surface area contributed by atoms with E-state index in [1.54, 1.807) is 54.6 Å². The van der Waals surface area contributed by atoms with Gasteiger partial charge in [0.05, 0.1) is 18.2 Å². The predicted octanol–water partition coefficient (Wildman–Crippen LogP) is 2.93. The van der Waals surface area contributed by atoms with Gasteiger partial charge in [0.25, 0.3) is 11.8 Å². The number of carbonyl (C=O) groups excluding carboxylic acids is 2. The van der Waals surface area contributed by atoms with Gasteiger partial charge < -0.3 is 10.1 Å². The second-order valence-corrected chi connectivity index (χ2v) is 9.58. The van der Waals surface area contributed by atoms with Crippen molar-refractivity contribution in [3.05, 3.63) is 90.0 Å². The van der Waals surface area contributed by atoms with Crippen molar-refractivity contribution in [3.63, 3.8) is 0 Å². The van der Waals surface area contributed by atoms with Crippen LogP contribution in [0.25, 0.3) is 0 Å². The summed E-state index contributed by atoms with van der Waals surface area (Å²) in [5.41, 5.74) is 5.18. The Labute approximate surface area is 204 Å². The number of hydrogen-bond acceptors (Lipinski definition) is 6. The van der Waals surface area contributed by atoms with Crippen LogP contribution in [0.15, 0.2) is 84.0 Å². The Kier molecular flexibility index (Phi) is 8.58. The average molecular weight is 495 g/mol. The monoisotopic (exact) mass is 494 g/mol. The summed E-state index contributed by atoms with van der Waals surface area (Å²) in [6.45, 7) is 1.42. The van der Waals surface area contributed by atoms with Crippen molar-refractivity contribution < 1.29 is 22.7 Å². The van der Waals surface area contributed by atoms with Crippen LogP contribution in [0.2, 0.25) is 0 Å². The van der Waals surface area contributed by atoms with Crippen molar-refractivity contribution in [2.24, 2.45) is 5.10 Å². The number of amides is 2. The average Bonchev–Trinajstić information content (AvgIpc) is 2.83. The first-order valence-corrected chi connectivity index (χ1v) is 12.5. The third-order valence-corrected chi connectivity index (χ3v) is 5.86. The first kappa shape index (κ1) is 25.4. The molecule has 10 heteroatoms. The fraction of sp³-hybridized carbons (Fsp3) is 0.160. The van der Waals surface area contributed by atoms with E-state index in [9.17, 15) is 18.0 Å². The molecular weight excluding hydrogens is 468 g/mol. The molecule has 9 nitrogen and oxygen atoms in total. The van der Waals surface area contributed by atoms with Crippen molar-refractivity contribution in [2.45, 2.75) is 6.92 Å². The zero-order valence-electron chi connectivity index (χ0n) is 19.3. The molecule has 3 aromatic carbocycles. The Morgan fingerprint density at radius 2 is 1.60 bits per heavy atom. The molecule has 3 rings (SSSR count). The van der Waals surface area contributed by atoms with Crippen LogP contribution in [0.3, 0.4) is 0 Å². The summed E-state index contributed by atoms with van der Waals surface area (Å²) in [7, 11) is -3.65. The molecule has 0 heterocycles. The van der Waals surface area contributed by atoms with Gasteiger partial charge in [-0.3, -0.25) is 13.9 Å². The van der Waals surface area contributed by atoms with Crippen LogP contribution in [0.4, 0.5) is 11.4 Å². The Hall–Kier alpha value is -4.18. The Morgan fingerprint density at radius 1 is 0.943 bits per heavy atom. The van der Waals surface area contributed by atoms with Crippen LogP contribution >= 0.6 is 0 Å². The van der Waals surface area contributed by atoms with Gasteiger partial charge >= 0.3 is 0 Å². The summed E-state index contributed by atoms with van der Waals surface area (Å²) in [5, 5.41) is 6.63. The lowest BCUT2D eigenvalue weighted by atomic mass is 10.2. The Bertz CT molecular complexity index is 1280. The highest BCUT2D eigenvalue weighted by Crippen LogP contribution is 2.16. The number of ether oxygens (including phenoxy) is 1. The number of rotatable bonds is 10. The molecule has 0 atom stereocenters. The molecule has 0 aromatic heterocycles. The largest absolute Gasteiger partial charge is 0.484 e. The highest BCUT2D eigenvalue weighted by atomic mass is 32.2. The molecule has 182 valence electrons. The molecule has 0 aliphatic rings. The Morgan fingerprint density at radius 3 is 2.23 bits per heavy atom. The molecule has 0 aliphatic carbocycles. The smallest absolute Gasteiger partial charge is 0.262 e. The molecule has 3 aromatic rings. The van der Waals surface area contributed by atoms with Crippen LogP contribution in [0.1, 0.15) is 11.1 Å². The summed E-state index contributed by atoms with van der Waals surface area (Å²) in [6.07, 6.45) is 2.45. The number of anilines is 2. The highest BCUT2D eigenvalue weighted by molar-refractivity contribution is 7.92. The van der Waals surface area contributed by atoms with Crippen molar-refractivity contribution >= 4 is 39.4 Å². The summed E-state index contributed by atoms with van der Waals surface area (Å²) in [5.74, 6) is -0.368. The van der Waals surface area contributed by atoms with Gasteiger partial charge in [-0.15, -0.1) is 0 Å². The van der Waals surface area contributed by atoms with Gasteiger partial charge in [0.1, 0.15) is 12.3 Å². The van der Waals surface area contributed by atoms with Gasteiger partial charge in [0.15, 0.2) is 6.61 Å². The zero-order valence-corrected chi connectivity index (χ0v) is 20.2. The molecule has 0 bridgehead atoms. The molecule has 0 spiro atoms. The van der Waals surface area contributed by atoms with Crippen LogP contribution in [0, 0.1) is 6.92 Å². The molecule has 0 aliphatic heterocycles. The van der Waals surface area contributed by atoms with Gasteiger partial charge in [-0.1, -0.05) is 35.9 Å². The lowest BCUT2D eigenvalue weighted by Gasteiger charge is -2.21. The lowest BCUT2D eigenvalue weighted by molar-refractivity contribution is -0.119. The summed E-state index contributed by atoms with van der Waals surface area (Å²) in [6, 6.07) is 22.5. The molecule has 2 N–H and O–H groups in total. The summed E-state index contributed by atoms with van der Waals surface area (Å²) >= 11 is 0. The number of para-hydroxylation sites is 1. The van der Waals surface area contributed by atoms with Crippen molar-refractivity contribution in [1.29, 1.82) is 0 Å². The topological polar surface area (TPSA) is 117 Å². The minimum Gasteiger partial charge on any atom is -0.484 e. The molecule has 2 amide bonds. The lowest BCUT2D eigenvalue weighted by Crippen LogP contribution is -2.38. The van der Waals surface area contributed by atoms with Gasteiger partial charge in [-0.25, -0.2) is 13.8 Å². The van der Waals surface area contributed by atoms with E-state index in [4.69, 9.17) is 4.74 Å². The minimum absolute atomic E-state index is 0.143. The van der Waals surface area contributed by atoms with E-state index in [0.29, 0.717) is 22.7 Å². The third kappa shape index (κ3) is 8.27. The number of nitrogens with one attached hydrogen (secondary N) is 2. The van der Waals surface area contributed by atoms with Crippen LogP contribution in [-0.4, -0.2) is 45.9 Å². The van der Waals surface area contributed by atoms with Crippen molar-refractivity contribution in [3.8, 4) is 5.75 Å². The van der Waals surface area contributed by atoms with Gasteiger partial charge in [0.2, 0.25) is 10.0 Å². The predicted molar refractivity (Wildman–Crippen MR) is 136 cm³/mol. The second-order valence-electron chi connectivity index (χ2n) is 7.67. The van der Waals surface area contributed by atoms with E-state index in [0.717, 1.165) is 16.1 Å². The number of aryl methyl sites for hydroxylation is 1. The number of carbonyl (C=O) groups is 2. The van der Waals surface area contributed by atoms with E-state index < -0.39 is 22.5 Å². The van der Waals surface area contributed by atoms with Crippen LogP contribution < -0.4 is 19.8 Å². The van der Waals surface area contributed by atoms with Crippen LogP contribution in [0.5, 0.6) is 5.75 Å². The highest BCUT2D eigenvalue weighted by Gasteiger charge is 2.20. The maximum absolute atomic E-state index is 12.2. The maximum Gasteiger partial charge on any atom is 0.262 e. The number of nitrogens with zero attached hydrogens (tertiary/aromatic N) is 2. The first-order chi connectivity index (χ1) is 16.7. The second kappa shape index (κ2) is 11.8. The number of benzene rings is 3. The van der Waals surface area contributed by atoms with Gasteiger partial charge in [-0.2, -0.15) is 5.10 Å². The number of hydrazone groups is 1. The van der Waals surface area contributed by atoms with E-state index in [2.05, 4.69) is 15.8 Å². The van der Waals surface area contributed by atoms with Crippen LogP contribution in [-0.2, 0) is 19.6 Å². The van der Waals surface area contributed by atoms with E-state index >= 15 is 0 Å². The fourth-order valence-electron chi connectivity index (χ4n) is 2.97. The van der Waals surface area contributed by atoms with E-state index in [-0.39, 0.29) is 12.5 Å². The quantitative estimate of drug-likeness (QED) is 0.332. The Balaban J connectivity index is 1.47. The zero-order chi connectivity index (χ0) is 25.3. The normalized spacial score (nSPS) is 11.1. The van der Waals surface area contributed by atoms with Crippen molar-refractivity contribution in [2.75, 3.05) is 29.0 Å². The molecule has 35 heavy (non-hydrogen) atoms. The van der Waals surface area contributed by atoms with Crippen molar-refractivity contribution in [1.82, 2.24) is 5.43 Å². The van der Waals surface area contributed by atoms with Gasteiger partial charge in [-0.05, 0) is 61.0 Å². The molecule has 0 saturated carbocycles. The summed E-state index contributed by atoms with van der Waals surface area (Å²) in [4.78, 5) is 24.3. The molecular formula is C25H26N4O5S. The molecule has 0 radical (unpaired) electrons. The first-order valence-electron chi connectivity index (χ1n) is 10.6. The fourth-order valence-corrected chi connectivity index (χ4v) is 3.83. The number of sulfonamides is 1. The SMILES string of the molecule is Cc1ccc(NC(=O)COc2ccc(/C=N\NC(=O)CN(c3ccccc3)S(C)(=O)=O)cc2)cc1. The number of hydrogen-bond donors (Lipinski definition) is 2. The molecule has 0 fully saturated rings. The maximum atomic E-state index is 12.2. The van der Waals surface area contributed by atoms with E-state index in [1.807, 2.05) is 31.2 Å². The molecule has 0 saturated heterocycles. The standard InChI is InChI=1S/C25H26N4O5S/c1-19-8-12-21(13-9-19)27-25(31)18-34-23-14-10-20(11-15-23)16-26-28-24(30)17-29(35(2,32)33)22-6-4-3-5-7-22/h3-16H,17-18H2,1-2H3,(H,27,31)(H,28,30)/b26-16-. The summed E-state index contributed by atoms with van der Waals surface area (Å²) < 4.78 is 30.6.